The predicted octanol–water partition coefficient (Wildman–Crippen LogP) is 5.07. The summed E-state index contributed by atoms with van der Waals surface area (Å²) < 4.78 is 2.06. The van der Waals surface area contributed by atoms with Gasteiger partial charge >= 0.3 is 0 Å². The van der Waals surface area contributed by atoms with Gasteiger partial charge in [0, 0.05) is 12.2 Å². The van der Waals surface area contributed by atoms with Gasteiger partial charge in [0.05, 0.1) is 10.1 Å². The quantitative estimate of drug-likeness (QED) is 0.587. The van der Waals surface area contributed by atoms with Crippen molar-refractivity contribution in [3.8, 4) is 10.7 Å². The van der Waals surface area contributed by atoms with E-state index in [0.29, 0.717) is 0 Å². The van der Waals surface area contributed by atoms with E-state index in [1.54, 1.807) is 11.3 Å². The highest BCUT2D eigenvalue weighted by Gasteiger charge is 2.21. The summed E-state index contributed by atoms with van der Waals surface area (Å²) in [5.74, 6) is 0.825. The van der Waals surface area contributed by atoms with Gasteiger partial charge in [-0.15, -0.1) is 21.5 Å². The molecule has 142 valence electrons. The zero-order valence-electron chi connectivity index (χ0n) is 16.2. The van der Waals surface area contributed by atoms with Gasteiger partial charge in [0.2, 0.25) is 5.91 Å². The molecule has 2 aromatic heterocycles. The number of aryl methyl sites for hydroxylation is 3. The molecule has 7 heteroatoms. The number of anilines is 1. The molecule has 5 nitrogen and oxygen atoms in total. The van der Waals surface area contributed by atoms with Crippen LogP contribution in [0.4, 0.5) is 5.69 Å². The predicted molar refractivity (Wildman–Crippen MR) is 114 cm³/mol. The van der Waals surface area contributed by atoms with Gasteiger partial charge in [-0.3, -0.25) is 4.79 Å². The zero-order chi connectivity index (χ0) is 19.6. The number of rotatable bonds is 6. The summed E-state index contributed by atoms with van der Waals surface area (Å²) in [5, 5.41) is 14.2. The van der Waals surface area contributed by atoms with Gasteiger partial charge in [-0.05, 0) is 57.2 Å². The first-order chi connectivity index (χ1) is 12.9. The molecule has 0 fully saturated rings. The first kappa shape index (κ1) is 19.6. The van der Waals surface area contributed by atoms with E-state index in [2.05, 4.69) is 46.1 Å². The van der Waals surface area contributed by atoms with Crippen LogP contribution < -0.4 is 5.32 Å². The maximum Gasteiger partial charge on any atom is 0.237 e. The number of aromatic nitrogens is 3. The van der Waals surface area contributed by atoms with Crippen molar-refractivity contribution in [2.24, 2.45) is 0 Å². The first-order valence-corrected chi connectivity index (χ1v) is 10.7. The van der Waals surface area contributed by atoms with Gasteiger partial charge < -0.3 is 9.88 Å². The Bertz CT molecular complexity index is 924. The lowest BCUT2D eigenvalue weighted by atomic mass is 10.1. The van der Waals surface area contributed by atoms with E-state index >= 15 is 0 Å². The summed E-state index contributed by atoms with van der Waals surface area (Å²) in [7, 11) is 0. The molecule has 1 aromatic carbocycles. The van der Waals surface area contributed by atoms with Crippen LogP contribution in [0.1, 0.15) is 30.5 Å². The van der Waals surface area contributed by atoms with Gasteiger partial charge in [0.15, 0.2) is 11.0 Å². The Balaban J connectivity index is 1.76. The lowest BCUT2D eigenvalue weighted by molar-refractivity contribution is -0.115. The van der Waals surface area contributed by atoms with Crippen molar-refractivity contribution < 1.29 is 4.79 Å². The van der Waals surface area contributed by atoms with Crippen LogP contribution in [0.15, 0.2) is 34.8 Å². The largest absolute Gasteiger partial charge is 0.325 e. The third-order valence-electron chi connectivity index (χ3n) is 4.35. The summed E-state index contributed by atoms with van der Waals surface area (Å²) in [6.07, 6.45) is 0. The third kappa shape index (κ3) is 4.25. The summed E-state index contributed by atoms with van der Waals surface area (Å²) in [4.78, 5) is 13.8. The van der Waals surface area contributed by atoms with E-state index in [1.807, 2.05) is 38.3 Å². The molecule has 1 atom stereocenters. The lowest BCUT2D eigenvalue weighted by Crippen LogP contribution is -2.24. The number of thioether (sulfide) groups is 1. The second kappa shape index (κ2) is 8.27. The van der Waals surface area contributed by atoms with Gasteiger partial charge in [0.1, 0.15) is 0 Å². The Kier molecular flexibility index (Phi) is 6.01. The minimum Gasteiger partial charge on any atom is -0.325 e. The van der Waals surface area contributed by atoms with Crippen molar-refractivity contribution in [3.63, 3.8) is 0 Å². The average molecular weight is 401 g/mol. The number of benzene rings is 1. The molecule has 0 spiro atoms. The summed E-state index contributed by atoms with van der Waals surface area (Å²) >= 11 is 3.08. The van der Waals surface area contributed by atoms with Crippen molar-refractivity contribution in [3.05, 3.63) is 46.3 Å². The van der Waals surface area contributed by atoms with E-state index in [4.69, 9.17) is 0 Å². The van der Waals surface area contributed by atoms with Gasteiger partial charge in [-0.25, -0.2) is 0 Å². The maximum atomic E-state index is 12.8. The Morgan fingerprint density at radius 2 is 1.96 bits per heavy atom. The molecule has 1 N–H and O–H groups in total. The van der Waals surface area contributed by atoms with Crippen LogP contribution in [0.3, 0.4) is 0 Å². The second-order valence-corrected chi connectivity index (χ2v) is 8.81. The second-order valence-electron chi connectivity index (χ2n) is 6.55. The number of nitrogens with one attached hydrogen (secondary N) is 1. The smallest absolute Gasteiger partial charge is 0.237 e. The van der Waals surface area contributed by atoms with Crippen LogP contribution in [0.25, 0.3) is 10.7 Å². The molecule has 0 aliphatic heterocycles. The van der Waals surface area contributed by atoms with Crippen molar-refractivity contribution in [2.75, 3.05) is 5.32 Å². The molecule has 27 heavy (non-hydrogen) atoms. The number of hydrogen-bond acceptors (Lipinski definition) is 5. The molecular weight excluding hydrogens is 376 g/mol. The maximum absolute atomic E-state index is 12.8. The zero-order valence-corrected chi connectivity index (χ0v) is 17.9. The number of carbonyl (C=O) groups excluding carboxylic acids is 1. The van der Waals surface area contributed by atoms with E-state index in [0.717, 1.165) is 39.2 Å². The molecule has 0 saturated heterocycles. The SMILES string of the molecule is CCn1c(S[C@H](C)C(=O)Nc2c(C)cc(C)cc2C)nnc1-c1cccs1. The molecular formula is C20H24N4OS2. The Hall–Kier alpha value is -2.12. The third-order valence-corrected chi connectivity index (χ3v) is 6.30. The Morgan fingerprint density at radius 1 is 1.26 bits per heavy atom. The van der Waals surface area contributed by atoms with Crippen LogP contribution >= 0.6 is 23.1 Å². The van der Waals surface area contributed by atoms with Crippen LogP contribution in [0, 0.1) is 20.8 Å². The molecule has 0 radical (unpaired) electrons. The normalized spacial score (nSPS) is 12.2. The molecule has 0 aliphatic rings. The number of carbonyl (C=O) groups is 1. The number of thiophene rings is 1. The fourth-order valence-corrected chi connectivity index (χ4v) is 4.69. The molecule has 0 bridgehead atoms. The molecule has 0 saturated carbocycles. The van der Waals surface area contributed by atoms with Crippen molar-refractivity contribution in [1.29, 1.82) is 0 Å². The molecule has 1 amide bonds. The van der Waals surface area contributed by atoms with E-state index in [1.165, 1.54) is 17.3 Å². The Labute approximate surface area is 168 Å². The monoisotopic (exact) mass is 400 g/mol. The van der Waals surface area contributed by atoms with Crippen LogP contribution in [-0.2, 0) is 11.3 Å². The number of hydrogen-bond donors (Lipinski definition) is 1. The molecule has 0 unspecified atom stereocenters. The van der Waals surface area contributed by atoms with E-state index in [-0.39, 0.29) is 11.2 Å². The number of amides is 1. The highest BCUT2D eigenvalue weighted by Crippen LogP contribution is 2.30. The summed E-state index contributed by atoms with van der Waals surface area (Å²) in [5.41, 5.74) is 4.25. The average Bonchev–Trinajstić information content (AvgIpc) is 3.26. The first-order valence-electron chi connectivity index (χ1n) is 8.93. The number of nitrogens with zero attached hydrogens (tertiary/aromatic N) is 3. The van der Waals surface area contributed by atoms with Crippen LogP contribution in [-0.4, -0.2) is 25.9 Å². The molecule has 0 aliphatic carbocycles. The highest BCUT2D eigenvalue weighted by molar-refractivity contribution is 8.00. The minimum absolute atomic E-state index is 0.0293. The molecule has 3 aromatic rings. The highest BCUT2D eigenvalue weighted by atomic mass is 32.2. The van der Waals surface area contributed by atoms with Gasteiger partial charge in [-0.2, -0.15) is 0 Å². The fraction of sp³-hybridized carbons (Fsp3) is 0.350. The van der Waals surface area contributed by atoms with Gasteiger partial charge in [0.25, 0.3) is 0 Å². The van der Waals surface area contributed by atoms with E-state index < -0.39 is 0 Å². The van der Waals surface area contributed by atoms with Crippen LogP contribution in [0.5, 0.6) is 0 Å². The lowest BCUT2D eigenvalue weighted by Gasteiger charge is -2.16. The molecule has 3 rings (SSSR count). The van der Waals surface area contributed by atoms with Crippen LogP contribution in [0.2, 0.25) is 0 Å². The van der Waals surface area contributed by atoms with Gasteiger partial charge in [-0.1, -0.05) is 35.5 Å². The summed E-state index contributed by atoms with van der Waals surface area (Å²) in [6, 6.07) is 8.21. The summed E-state index contributed by atoms with van der Waals surface area (Å²) in [6.45, 7) is 10.8. The van der Waals surface area contributed by atoms with E-state index in [9.17, 15) is 4.79 Å². The minimum atomic E-state index is -0.282. The fourth-order valence-electron chi connectivity index (χ4n) is 3.06. The van der Waals surface area contributed by atoms with Crippen molar-refractivity contribution >= 4 is 34.7 Å². The Morgan fingerprint density at radius 3 is 2.56 bits per heavy atom. The standard InChI is InChI=1S/C20H24N4OS2/c1-6-24-18(16-8-7-9-26-16)22-23-20(24)27-15(5)19(25)21-17-13(3)10-12(2)11-14(17)4/h7-11,15H,6H2,1-5H3,(H,21,25)/t15-/m1/s1. The van der Waals surface area contributed by atoms with Crippen molar-refractivity contribution in [1.82, 2.24) is 14.8 Å². The molecule has 2 heterocycles. The van der Waals surface area contributed by atoms with Crippen molar-refractivity contribution in [2.45, 2.75) is 51.6 Å². The topological polar surface area (TPSA) is 59.8 Å².